The minimum Gasteiger partial charge on any atom is -0.428 e. The molecule has 4 N–H and O–H groups in total. The SMILES string of the molecule is C[Si](C)(O)c1ccc2c(C(=O)N3CCC(c4cccc(CN)c4)CC3)c[nH]c2c1. The summed E-state index contributed by atoms with van der Waals surface area (Å²) in [6.45, 7) is 5.88. The standard InChI is InChI=1S/C23H29N3O2Si/c1-29(2,28)19-6-7-20-21(15-25-22(20)13-19)23(27)26-10-8-17(9-11-26)18-5-3-4-16(12-18)14-24/h3-7,12-13,15,17,25,28H,8-11,14,24H2,1-2H3. The van der Waals surface area contributed by atoms with Gasteiger partial charge in [0, 0.05) is 36.7 Å². The quantitative estimate of drug-likeness (QED) is 0.581. The minimum atomic E-state index is -2.37. The number of carbonyl (C=O) groups excluding carboxylic acids is 1. The number of H-pyrrole nitrogens is 1. The van der Waals surface area contributed by atoms with E-state index < -0.39 is 8.32 Å². The fraction of sp³-hybridized carbons (Fsp3) is 0.348. The minimum absolute atomic E-state index is 0.0821. The van der Waals surface area contributed by atoms with Crippen molar-refractivity contribution in [1.82, 2.24) is 9.88 Å². The predicted molar refractivity (Wildman–Crippen MR) is 120 cm³/mol. The van der Waals surface area contributed by atoms with Crippen LogP contribution in [0.15, 0.2) is 48.7 Å². The van der Waals surface area contributed by atoms with Crippen LogP contribution in [0, 0.1) is 0 Å². The lowest BCUT2D eigenvalue weighted by molar-refractivity contribution is 0.0715. The number of likely N-dealkylation sites (tertiary alicyclic amines) is 1. The molecule has 1 aliphatic heterocycles. The van der Waals surface area contributed by atoms with Crippen molar-refractivity contribution in [1.29, 1.82) is 0 Å². The molecule has 1 aromatic heterocycles. The molecule has 2 aromatic carbocycles. The first kappa shape index (κ1) is 19.9. The van der Waals surface area contributed by atoms with E-state index in [1.165, 1.54) is 5.56 Å². The lowest BCUT2D eigenvalue weighted by atomic mass is 9.88. The second-order valence-corrected chi connectivity index (χ2v) is 12.2. The molecule has 0 spiro atoms. The molecule has 29 heavy (non-hydrogen) atoms. The molecule has 5 nitrogen and oxygen atoms in total. The molecule has 1 fully saturated rings. The number of nitrogens with one attached hydrogen (secondary N) is 1. The van der Waals surface area contributed by atoms with Gasteiger partial charge in [0.05, 0.1) is 5.56 Å². The number of hydrogen-bond donors (Lipinski definition) is 3. The Morgan fingerprint density at radius 2 is 1.97 bits per heavy atom. The van der Waals surface area contributed by atoms with E-state index in [1.807, 2.05) is 36.2 Å². The molecular formula is C23H29N3O2Si. The number of aromatic amines is 1. The van der Waals surface area contributed by atoms with E-state index in [-0.39, 0.29) is 5.91 Å². The number of piperidine rings is 1. The third-order valence-electron chi connectivity index (χ3n) is 6.06. The topological polar surface area (TPSA) is 82.3 Å². The number of nitrogens with zero attached hydrogens (tertiary/aromatic N) is 1. The van der Waals surface area contributed by atoms with Gasteiger partial charge >= 0.3 is 0 Å². The van der Waals surface area contributed by atoms with Crippen LogP contribution >= 0.6 is 0 Å². The highest BCUT2D eigenvalue weighted by atomic mass is 28.4. The normalized spacial score (nSPS) is 15.8. The van der Waals surface area contributed by atoms with Gasteiger partial charge in [0.15, 0.2) is 0 Å². The average Bonchev–Trinajstić information content (AvgIpc) is 3.16. The molecule has 2 heterocycles. The van der Waals surface area contributed by atoms with E-state index in [1.54, 1.807) is 6.20 Å². The highest BCUT2D eigenvalue weighted by molar-refractivity contribution is 6.83. The van der Waals surface area contributed by atoms with Gasteiger partial charge in [0.1, 0.15) is 0 Å². The van der Waals surface area contributed by atoms with E-state index >= 15 is 0 Å². The summed E-state index contributed by atoms with van der Waals surface area (Å²) in [5.74, 6) is 0.562. The third-order valence-corrected chi connectivity index (χ3v) is 7.78. The second kappa shape index (κ2) is 7.78. The van der Waals surface area contributed by atoms with Crippen molar-refractivity contribution >= 4 is 30.3 Å². The summed E-state index contributed by atoms with van der Waals surface area (Å²) in [7, 11) is -2.37. The number of fused-ring (bicyclic) bond motifs is 1. The predicted octanol–water partition coefficient (Wildman–Crippen LogP) is 3.05. The van der Waals surface area contributed by atoms with Gasteiger partial charge < -0.3 is 20.4 Å². The Labute approximate surface area is 172 Å². The van der Waals surface area contributed by atoms with Gasteiger partial charge in [-0.3, -0.25) is 4.79 Å². The summed E-state index contributed by atoms with van der Waals surface area (Å²) in [6, 6.07) is 14.4. The molecular weight excluding hydrogens is 378 g/mol. The third kappa shape index (κ3) is 4.01. The summed E-state index contributed by atoms with van der Waals surface area (Å²) >= 11 is 0. The number of hydrogen-bond acceptors (Lipinski definition) is 3. The van der Waals surface area contributed by atoms with E-state index in [0.29, 0.717) is 18.0 Å². The number of rotatable bonds is 4. The molecule has 4 rings (SSSR count). The Hall–Kier alpha value is -2.41. The van der Waals surface area contributed by atoms with Crippen LogP contribution in [0.4, 0.5) is 0 Å². The fourth-order valence-electron chi connectivity index (χ4n) is 4.24. The van der Waals surface area contributed by atoms with Crippen LogP contribution in [0.2, 0.25) is 13.1 Å². The number of aromatic nitrogens is 1. The maximum absolute atomic E-state index is 13.1. The van der Waals surface area contributed by atoms with Crippen molar-refractivity contribution in [3.05, 3.63) is 65.4 Å². The van der Waals surface area contributed by atoms with Crippen LogP contribution in [0.1, 0.15) is 40.2 Å². The molecule has 0 bridgehead atoms. The van der Waals surface area contributed by atoms with Gasteiger partial charge in [-0.05, 0) is 54.2 Å². The summed E-state index contributed by atoms with van der Waals surface area (Å²) in [5.41, 5.74) is 9.89. The molecule has 1 aliphatic rings. The molecule has 3 aromatic rings. The Morgan fingerprint density at radius 1 is 1.21 bits per heavy atom. The molecule has 0 saturated carbocycles. The monoisotopic (exact) mass is 407 g/mol. The molecule has 0 radical (unpaired) electrons. The van der Waals surface area contributed by atoms with E-state index in [0.717, 1.165) is 47.6 Å². The molecule has 1 saturated heterocycles. The van der Waals surface area contributed by atoms with E-state index in [9.17, 15) is 9.59 Å². The Balaban J connectivity index is 1.48. The zero-order chi connectivity index (χ0) is 20.6. The number of amides is 1. The second-order valence-electron chi connectivity index (χ2n) is 8.54. The first-order chi connectivity index (χ1) is 13.9. The first-order valence-electron chi connectivity index (χ1n) is 10.3. The van der Waals surface area contributed by atoms with Gasteiger partial charge in [-0.15, -0.1) is 0 Å². The van der Waals surface area contributed by atoms with Crippen LogP contribution in [0.5, 0.6) is 0 Å². The average molecular weight is 408 g/mol. The largest absolute Gasteiger partial charge is 0.428 e. The smallest absolute Gasteiger partial charge is 0.256 e. The molecule has 1 amide bonds. The van der Waals surface area contributed by atoms with Crippen LogP contribution in [0.25, 0.3) is 10.9 Å². The molecule has 6 heteroatoms. The van der Waals surface area contributed by atoms with Gasteiger partial charge in [-0.25, -0.2) is 0 Å². The zero-order valence-electron chi connectivity index (χ0n) is 17.1. The maximum atomic E-state index is 13.1. The number of nitrogens with two attached hydrogens (primary N) is 1. The highest BCUT2D eigenvalue weighted by Crippen LogP contribution is 2.30. The summed E-state index contributed by atoms with van der Waals surface area (Å²) < 4.78 is 0. The van der Waals surface area contributed by atoms with Crippen LogP contribution in [-0.2, 0) is 6.54 Å². The Bertz CT molecular complexity index is 1030. The van der Waals surface area contributed by atoms with E-state index in [2.05, 4.69) is 29.2 Å². The first-order valence-corrected chi connectivity index (χ1v) is 13.2. The Morgan fingerprint density at radius 3 is 2.66 bits per heavy atom. The van der Waals surface area contributed by atoms with Gasteiger partial charge in [-0.1, -0.05) is 36.4 Å². The van der Waals surface area contributed by atoms with Crippen LogP contribution in [0.3, 0.4) is 0 Å². The van der Waals surface area contributed by atoms with Crippen molar-refractivity contribution in [2.45, 2.75) is 38.4 Å². The summed E-state index contributed by atoms with van der Waals surface area (Å²) in [6.07, 6.45) is 3.74. The van der Waals surface area contributed by atoms with Crippen molar-refractivity contribution in [2.75, 3.05) is 13.1 Å². The molecule has 0 unspecified atom stereocenters. The van der Waals surface area contributed by atoms with E-state index in [4.69, 9.17) is 5.73 Å². The van der Waals surface area contributed by atoms with Gasteiger partial charge in [-0.2, -0.15) is 0 Å². The molecule has 0 atom stereocenters. The van der Waals surface area contributed by atoms with Crippen molar-refractivity contribution in [3.8, 4) is 0 Å². The maximum Gasteiger partial charge on any atom is 0.256 e. The summed E-state index contributed by atoms with van der Waals surface area (Å²) in [5, 5.41) is 1.89. The van der Waals surface area contributed by atoms with Crippen LogP contribution in [-0.4, -0.2) is 42.0 Å². The van der Waals surface area contributed by atoms with Gasteiger partial charge in [0.25, 0.3) is 5.91 Å². The Kier molecular flexibility index (Phi) is 5.33. The zero-order valence-corrected chi connectivity index (χ0v) is 18.1. The van der Waals surface area contributed by atoms with Gasteiger partial charge in [0.2, 0.25) is 8.32 Å². The van der Waals surface area contributed by atoms with Crippen molar-refractivity contribution in [3.63, 3.8) is 0 Å². The highest BCUT2D eigenvalue weighted by Gasteiger charge is 2.27. The lowest BCUT2D eigenvalue weighted by Gasteiger charge is -2.32. The number of benzene rings is 2. The fourth-order valence-corrected chi connectivity index (χ4v) is 5.23. The molecule has 152 valence electrons. The van der Waals surface area contributed by atoms with Crippen molar-refractivity contribution in [2.24, 2.45) is 5.73 Å². The number of carbonyl (C=O) groups is 1. The lowest BCUT2D eigenvalue weighted by Crippen LogP contribution is -2.41. The summed E-state index contributed by atoms with van der Waals surface area (Å²) in [4.78, 5) is 28.7. The molecule has 0 aliphatic carbocycles. The van der Waals surface area contributed by atoms with Crippen LogP contribution < -0.4 is 10.9 Å². The van der Waals surface area contributed by atoms with Crippen molar-refractivity contribution < 1.29 is 9.59 Å².